The van der Waals surface area contributed by atoms with Gasteiger partial charge in [-0.3, -0.25) is 9.59 Å². The molecule has 1 rings (SSSR count). The first-order chi connectivity index (χ1) is 23.1. The topological polar surface area (TPSA) is 166 Å². The lowest BCUT2D eigenvalue weighted by molar-refractivity contribution is -0.178. The highest BCUT2D eigenvalue weighted by molar-refractivity contribution is 5.90. The zero-order chi connectivity index (χ0) is 35.9. The molecule has 10 heteroatoms. The molecule has 278 valence electrons. The molecule has 5 N–H and O–H groups in total. The Labute approximate surface area is 290 Å². The van der Waals surface area contributed by atoms with E-state index in [4.69, 9.17) is 30.2 Å². The summed E-state index contributed by atoms with van der Waals surface area (Å²) in [7, 11) is 0. The Morgan fingerprint density at radius 3 is 1.40 bits per heavy atom. The number of esters is 3. The number of hydrogen-bond acceptors (Lipinski definition) is 10. The molecule has 0 amide bonds. The monoisotopic (exact) mass is 681 g/mol. The molecule has 0 saturated heterocycles. The third kappa shape index (κ3) is 24.3. The van der Waals surface area contributed by atoms with Gasteiger partial charge in [-0.15, -0.1) is 0 Å². The highest BCUT2D eigenvalue weighted by Gasteiger charge is 2.43. The maximum Gasteiger partial charge on any atom is 0.339 e. The smallest absolute Gasteiger partial charge is 0.339 e. The maximum absolute atomic E-state index is 12.7. The number of ether oxygens (including phenoxy) is 3. The normalized spacial score (nSPS) is 11.0. The fraction of sp³-hybridized carbons (Fsp3) is 0.763. The van der Waals surface area contributed by atoms with Crippen LogP contribution in [0, 0.1) is 0 Å². The number of aromatic hydroxyl groups is 2. The molecule has 0 fully saturated rings. The van der Waals surface area contributed by atoms with Gasteiger partial charge in [-0.05, 0) is 49.9 Å². The van der Waals surface area contributed by atoms with E-state index in [2.05, 4.69) is 20.8 Å². The van der Waals surface area contributed by atoms with Crippen molar-refractivity contribution in [1.29, 1.82) is 0 Å². The van der Waals surface area contributed by atoms with Crippen molar-refractivity contribution in [1.82, 2.24) is 0 Å². The standard InChI is InChI=1S/C30H56O7.C8H11NO2/c1-4-7-10-13-16-19-22-35-27(31)25-30(34,29(33)37-24-21-18-15-12-9-6-3)26-28(32)36-23-20-17-14-11-8-5-2;9-4-3-6-1-2-7(10)8(11)5-6/h34H,4-26H2,1-3H3;1-2,5,10-11H,3-4,9H2. The molecule has 48 heavy (non-hydrogen) atoms. The summed E-state index contributed by atoms with van der Waals surface area (Å²) in [4.78, 5) is 37.5. The molecule has 0 saturated carbocycles. The molecule has 0 unspecified atom stereocenters. The first kappa shape index (κ1) is 45.2. The van der Waals surface area contributed by atoms with Crippen LogP contribution >= 0.6 is 0 Å². The molecule has 0 aliphatic rings. The molecule has 0 radical (unpaired) electrons. The average Bonchev–Trinajstić information content (AvgIpc) is 3.05. The summed E-state index contributed by atoms with van der Waals surface area (Å²) in [6.45, 7) is 7.63. The number of unbranched alkanes of at least 4 members (excludes halogenated alkanes) is 15. The average molecular weight is 682 g/mol. The van der Waals surface area contributed by atoms with Gasteiger partial charge < -0.3 is 35.3 Å². The van der Waals surface area contributed by atoms with Crippen LogP contribution in [0.25, 0.3) is 0 Å². The molecule has 0 atom stereocenters. The summed E-state index contributed by atoms with van der Waals surface area (Å²) in [5.74, 6) is -2.57. The van der Waals surface area contributed by atoms with Crippen molar-refractivity contribution >= 4 is 17.9 Å². The number of phenols is 2. The van der Waals surface area contributed by atoms with Gasteiger partial charge in [-0.1, -0.05) is 123 Å². The Morgan fingerprint density at radius 2 is 1.00 bits per heavy atom. The summed E-state index contributed by atoms with van der Waals surface area (Å²) in [6, 6.07) is 4.71. The molecule has 0 spiro atoms. The van der Waals surface area contributed by atoms with Crippen molar-refractivity contribution in [2.24, 2.45) is 5.73 Å². The van der Waals surface area contributed by atoms with Crippen molar-refractivity contribution in [2.75, 3.05) is 26.4 Å². The quantitative estimate of drug-likeness (QED) is 0.0297. The Balaban J connectivity index is 0.00000168. The van der Waals surface area contributed by atoms with E-state index in [0.29, 0.717) is 19.4 Å². The van der Waals surface area contributed by atoms with Crippen LogP contribution in [-0.4, -0.2) is 65.2 Å². The van der Waals surface area contributed by atoms with E-state index in [1.54, 1.807) is 6.07 Å². The molecule has 1 aromatic carbocycles. The van der Waals surface area contributed by atoms with Gasteiger partial charge in [0.1, 0.15) is 0 Å². The van der Waals surface area contributed by atoms with Crippen molar-refractivity contribution < 1.29 is 43.9 Å². The van der Waals surface area contributed by atoms with E-state index < -0.39 is 36.4 Å². The maximum atomic E-state index is 12.7. The Kier molecular flexibility index (Phi) is 28.4. The Morgan fingerprint density at radius 1 is 0.604 bits per heavy atom. The molecule has 0 bridgehead atoms. The van der Waals surface area contributed by atoms with Gasteiger partial charge in [0.15, 0.2) is 17.1 Å². The number of phenolic OH excluding ortho intramolecular Hbond substituents is 2. The zero-order valence-electron chi connectivity index (χ0n) is 30.3. The van der Waals surface area contributed by atoms with Gasteiger partial charge >= 0.3 is 17.9 Å². The highest BCUT2D eigenvalue weighted by atomic mass is 16.6. The van der Waals surface area contributed by atoms with Gasteiger partial charge in [-0.2, -0.15) is 0 Å². The summed E-state index contributed by atoms with van der Waals surface area (Å²) >= 11 is 0. The SMILES string of the molecule is CCCCCCCCOC(=O)CC(O)(CC(=O)OCCCCCCCC)C(=O)OCCCCCCCC.NCCc1ccc(O)c(O)c1. The molecular weight excluding hydrogens is 614 g/mol. The van der Waals surface area contributed by atoms with Crippen LogP contribution in [0.3, 0.4) is 0 Å². The highest BCUT2D eigenvalue weighted by Crippen LogP contribution is 2.25. The molecule has 1 aromatic rings. The molecule has 0 aliphatic heterocycles. The summed E-state index contributed by atoms with van der Waals surface area (Å²) in [5.41, 5.74) is 3.96. The largest absolute Gasteiger partial charge is 0.504 e. The Bertz CT molecular complexity index is 937. The van der Waals surface area contributed by atoms with E-state index in [0.717, 1.165) is 82.6 Å². The van der Waals surface area contributed by atoms with E-state index in [1.807, 2.05) is 0 Å². The van der Waals surface area contributed by atoms with Crippen LogP contribution < -0.4 is 5.73 Å². The number of nitrogens with two attached hydrogens (primary N) is 1. The third-order valence-corrected chi connectivity index (χ3v) is 7.98. The fourth-order valence-electron chi connectivity index (χ4n) is 5.00. The first-order valence-corrected chi connectivity index (χ1v) is 18.5. The summed E-state index contributed by atoms with van der Waals surface area (Å²) in [5, 5.41) is 29.0. The predicted octanol–water partition coefficient (Wildman–Crippen LogP) is 7.81. The first-order valence-electron chi connectivity index (χ1n) is 18.5. The van der Waals surface area contributed by atoms with Crippen LogP contribution in [0.15, 0.2) is 18.2 Å². The van der Waals surface area contributed by atoms with Gasteiger partial charge in [-0.25, -0.2) is 4.79 Å². The van der Waals surface area contributed by atoms with Crippen molar-refractivity contribution in [3.8, 4) is 11.5 Å². The second kappa shape index (κ2) is 30.2. The zero-order valence-corrected chi connectivity index (χ0v) is 30.3. The van der Waals surface area contributed by atoms with E-state index in [9.17, 15) is 19.5 Å². The van der Waals surface area contributed by atoms with E-state index in [-0.39, 0.29) is 31.3 Å². The minimum Gasteiger partial charge on any atom is -0.504 e. The number of benzene rings is 1. The number of rotatable bonds is 28. The van der Waals surface area contributed by atoms with Crippen molar-refractivity contribution in [3.05, 3.63) is 23.8 Å². The second-order valence-corrected chi connectivity index (χ2v) is 12.6. The third-order valence-electron chi connectivity index (χ3n) is 7.98. The lowest BCUT2D eigenvalue weighted by Crippen LogP contribution is -2.45. The minimum atomic E-state index is -2.28. The number of hydrogen-bond donors (Lipinski definition) is 4. The van der Waals surface area contributed by atoms with Crippen LogP contribution in [-0.2, 0) is 35.0 Å². The minimum absolute atomic E-state index is 0.0871. The summed E-state index contributed by atoms with van der Waals surface area (Å²) in [6.07, 6.45) is 18.2. The van der Waals surface area contributed by atoms with E-state index in [1.165, 1.54) is 44.2 Å². The molecule has 10 nitrogen and oxygen atoms in total. The Hall–Kier alpha value is -2.85. The van der Waals surface area contributed by atoms with E-state index >= 15 is 0 Å². The lowest BCUT2D eigenvalue weighted by atomic mass is 9.95. The van der Waals surface area contributed by atoms with Crippen molar-refractivity contribution in [3.63, 3.8) is 0 Å². The van der Waals surface area contributed by atoms with Crippen LogP contribution in [0.1, 0.15) is 155 Å². The predicted molar refractivity (Wildman–Crippen MR) is 190 cm³/mol. The number of aliphatic hydroxyl groups is 1. The van der Waals surface area contributed by atoms with Crippen LogP contribution in [0.2, 0.25) is 0 Å². The molecule has 0 heterocycles. The van der Waals surface area contributed by atoms with Crippen LogP contribution in [0.4, 0.5) is 0 Å². The number of carbonyl (C=O) groups is 3. The van der Waals surface area contributed by atoms with Gasteiger partial charge in [0.05, 0.1) is 32.7 Å². The summed E-state index contributed by atoms with van der Waals surface area (Å²) < 4.78 is 15.8. The molecule has 0 aromatic heterocycles. The second-order valence-electron chi connectivity index (χ2n) is 12.6. The van der Waals surface area contributed by atoms with Gasteiger partial charge in [0.2, 0.25) is 0 Å². The number of carbonyl (C=O) groups excluding carboxylic acids is 3. The van der Waals surface area contributed by atoms with Crippen molar-refractivity contribution in [2.45, 2.75) is 161 Å². The fourth-order valence-corrected chi connectivity index (χ4v) is 5.00. The van der Waals surface area contributed by atoms with Crippen LogP contribution in [0.5, 0.6) is 11.5 Å². The van der Waals surface area contributed by atoms with Gasteiger partial charge in [0, 0.05) is 0 Å². The van der Waals surface area contributed by atoms with Gasteiger partial charge in [0.25, 0.3) is 0 Å². The molecular formula is C38H67NO9. The molecule has 0 aliphatic carbocycles. The lowest BCUT2D eigenvalue weighted by Gasteiger charge is -2.24.